The molecule has 1 N–H and O–H groups in total. The molecule has 8 heteroatoms. The van der Waals surface area contributed by atoms with Gasteiger partial charge in [-0.15, -0.1) is 0 Å². The monoisotopic (exact) mass is 428 g/mol. The van der Waals surface area contributed by atoms with E-state index in [0.717, 1.165) is 29.0 Å². The fourth-order valence-corrected chi connectivity index (χ4v) is 4.20. The SMILES string of the molecule is CC(C(=O)NCCCc1ccc(Cl)cc1)N(c1cccc(Cl)c1)S(C)(=O)=O. The van der Waals surface area contributed by atoms with Gasteiger partial charge in [0, 0.05) is 16.6 Å². The minimum Gasteiger partial charge on any atom is -0.354 e. The van der Waals surface area contributed by atoms with Crippen molar-refractivity contribution in [2.24, 2.45) is 0 Å². The number of hydrogen-bond acceptors (Lipinski definition) is 3. The molecule has 2 aromatic rings. The van der Waals surface area contributed by atoms with Crippen molar-refractivity contribution in [2.75, 3.05) is 17.1 Å². The number of rotatable bonds is 8. The molecular weight excluding hydrogens is 407 g/mol. The lowest BCUT2D eigenvalue weighted by Gasteiger charge is -2.28. The largest absolute Gasteiger partial charge is 0.354 e. The lowest BCUT2D eigenvalue weighted by molar-refractivity contribution is -0.121. The molecule has 0 spiro atoms. The van der Waals surface area contributed by atoms with Crippen LogP contribution in [0.25, 0.3) is 0 Å². The Morgan fingerprint density at radius 2 is 1.78 bits per heavy atom. The molecule has 1 amide bonds. The van der Waals surface area contributed by atoms with Crippen LogP contribution in [0.2, 0.25) is 10.0 Å². The molecule has 2 rings (SSSR count). The van der Waals surface area contributed by atoms with Crippen LogP contribution in [0, 0.1) is 0 Å². The molecule has 0 aliphatic rings. The number of halogens is 2. The molecule has 1 atom stereocenters. The van der Waals surface area contributed by atoms with E-state index >= 15 is 0 Å². The Bertz CT molecular complexity index is 886. The summed E-state index contributed by atoms with van der Waals surface area (Å²) in [7, 11) is -3.66. The summed E-state index contributed by atoms with van der Waals surface area (Å²) in [6.07, 6.45) is 2.59. The van der Waals surface area contributed by atoms with Crippen LogP contribution in [-0.2, 0) is 21.2 Å². The van der Waals surface area contributed by atoms with Gasteiger partial charge in [-0.2, -0.15) is 0 Å². The first-order valence-corrected chi connectivity index (χ1v) is 11.1. The van der Waals surface area contributed by atoms with E-state index in [0.29, 0.717) is 22.3 Å². The summed E-state index contributed by atoms with van der Waals surface area (Å²) in [5.41, 5.74) is 1.48. The third kappa shape index (κ3) is 6.41. The standard InChI is InChI=1S/C19H22Cl2N2O3S/c1-14(23(27(2,25)26)18-7-3-6-17(21)13-18)19(24)22-12-4-5-15-8-10-16(20)11-9-15/h3,6-11,13-14H,4-5,12H2,1-2H3,(H,22,24). The van der Waals surface area contributed by atoms with E-state index in [9.17, 15) is 13.2 Å². The number of nitrogens with one attached hydrogen (secondary N) is 1. The maximum atomic E-state index is 12.5. The Labute approximate surface area is 170 Å². The summed E-state index contributed by atoms with van der Waals surface area (Å²) in [6.45, 7) is 2.00. The Balaban J connectivity index is 1.97. The highest BCUT2D eigenvalue weighted by molar-refractivity contribution is 7.92. The zero-order chi connectivity index (χ0) is 20.0. The van der Waals surface area contributed by atoms with Crippen LogP contribution in [0.5, 0.6) is 0 Å². The first kappa shape index (κ1) is 21.5. The summed E-state index contributed by atoms with van der Waals surface area (Å²) >= 11 is 11.8. The van der Waals surface area contributed by atoms with Crippen molar-refractivity contribution in [2.45, 2.75) is 25.8 Å². The van der Waals surface area contributed by atoms with E-state index in [2.05, 4.69) is 5.32 Å². The van der Waals surface area contributed by atoms with Crippen molar-refractivity contribution < 1.29 is 13.2 Å². The van der Waals surface area contributed by atoms with Crippen molar-refractivity contribution >= 4 is 44.8 Å². The van der Waals surface area contributed by atoms with E-state index in [1.807, 2.05) is 24.3 Å². The van der Waals surface area contributed by atoms with Crippen LogP contribution in [0.1, 0.15) is 18.9 Å². The maximum absolute atomic E-state index is 12.5. The number of benzene rings is 2. The van der Waals surface area contributed by atoms with Crippen molar-refractivity contribution in [3.05, 3.63) is 64.1 Å². The molecular formula is C19H22Cl2N2O3S. The van der Waals surface area contributed by atoms with Crippen LogP contribution in [0.4, 0.5) is 5.69 Å². The van der Waals surface area contributed by atoms with Gasteiger partial charge in [0.15, 0.2) is 0 Å². The summed E-state index contributed by atoms with van der Waals surface area (Å²) in [5, 5.41) is 3.88. The second-order valence-corrected chi connectivity index (χ2v) is 8.97. The number of aryl methyl sites for hydroxylation is 1. The van der Waals surface area contributed by atoms with E-state index in [1.165, 1.54) is 6.07 Å². The second-order valence-electron chi connectivity index (χ2n) is 6.24. The fourth-order valence-electron chi connectivity index (χ4n) is 2.72. The van der Waals surface area contributed by atoms with Gasteiger partial charge in [-0.1, -0.05) is 41.4 Å². The Kier molecular flexibility index (Phi) is 7.53. The van der Waals surface area contributed by atoms with Crippen molar-refractivity contribution in [1.29, 1.82) is 0 Å². The van der Waals surface area contributed by atoms with E-state index in [4.69, 9.17) is 23.2 Å². The third-order valence-corrected chi connectivity index (χ3v) is 5.73. The van der Waals surface area contributed by atoms with Gasteiger partial charge >= 0.3 is 0 Å². The minimum absolute atomic E-state index is 0.355. The van der Waals surface area contributed by atoms with Gasteiger partial charge in [0.25, 0.3) is 0 Å². The van der Waals surface area contributed by atoms with Gasteiger partial charge in [0.05, 0.1) is 11.9 Å². The number of carbonyl (C=O) groups is 1. The fraction of sp³-hybridized carbons (Fsp3) is 0.316. The molecule has 0 fully saturated rings. The van der Waals surface area contributed by atoms with Gasteiger partial charge in [0.1, 0.15) is 6.04 Å². The summed E-state index contributed by atoms with van der Waals surface area (Å²) in [4.78, 5) is 12.5. The predicted octanol–water partition coefficient (Wildman–Crippen LogP) is 3.90. The normalized spacial score (nSPS) is 12.4. The van der Waals surface area contributed by atoms with Crippen LogP contribution < -0.4 is 9.62 Å². The molecule has 27 heavy (non-hydrogen) atoms. The van der Waals surface area contributed by atoms with Gasteiger partial charge in [-0.3, -0.25) is 9.10 Å². The molecule has 0 heterocycles. The Morgan fingerprint density at radius 1 is 1.11 bits per heavy atom. The lowest BCUT2D eigenvalue weighted by Crippen LogP contribution is -2.48. The van der Waals surface area contributed by atoms with Crippen molar-refractivity contribution in [3.8, 4) is 0 Å². The van der Waals surface area contributed by atoms with Crippen molar-refractivity contribution in [3.63, 3.8) is 0 Å². The third-order valence-electron chi connectivity index (χ3n) is 4.01. The zero-order valence-corrected chi connectivity index (χ0v) is 17.5. The molecule has 0 bridgehead atoms. The first-order valence-electron chi connectivity index (χ1n) is 8.45. The van der Waals surface area contributed by atoms with Gasteiger partial charge in [0.2, 0.25) is 15.9 Å². The van der Waals surface area contributed by atoms with Gasteiger partial charge in [-0.25, -0.2) is 8.42 Å². The molecule has 0 radical (unpaired) electrons. The highest BCUT2D eigenvalue weighted by Gasteiger charge is 2.28. The second kappa shape index (κ2) is 9.44. The Hall–Kier alpha value is -1.76. The maximum Gasteiger partial charge on any atom is 0.243 e. The number of hydrogen-bond donors (Lipinski definition) is 1. The van der Waals surface area contributed by atoms with E-state index < -0.39 is 16.1 Å². The highest BCUT2D eigenvalue weighted by atomic mass is 35.5. The average molecular weight is 429 g/mol. The predicted molar refractivity (Wildman–Crippen MR) is 111 cm³/mol. The average Bonchev–Trinajstić information content (AvgIpc) is 2.59. The summed E-state index contributed by atoms with van der Waals surface area (Å²) < 4.78 is 25.5. The topological polar surface area (TPSA) is 66.5 Å². The molecule has 1 unspecified atom stereocenters. The Morgan fingerprint density at radius 3 is 2.37 bits per heavy atom. The summed E-state index contributed by atoms with van der Waals surface area (Å²) in [6, 6.07) is 13.1. The molecule has 5 nitrogen and oxygen atoms in total. The molecule has 0 saturated carbocycles. The molecule has 0 saturated heterocycles. The van der Waals surface area contributed by atoms with E-state index in [1.54, 1.807) is 25.1 Å². The highest BCUT2D eigenvalue weighted by Crippen LogP contribution is 2.24. The van der Waals surface area contributed by atoms with Crippen LogP contribution in [-0.4, -0.2) is 33.2 Å². The first-order chi connectivity index (χ1) is 12.7. The lowest BCUT2D eigenvalue weighted by atomic mass is 10.1. The smallest absolute Gasteiger partial charge is 0.243 e. The van der Waals surface area contributed by atoms with Gasteiger partial charge < -0.3 is 5.32 Å². The number of sulfonamides is 1. The molecule has 0 aliphatic carbocycles. The number of amides is 1. The molecule has 2 aromatic carbocycles. The van der Waals surface area contributed by atoms with Crippen molar-refractivity contribution in [1.82, 2.24) is 5.32 Å². The van der Waals surface area contributed by atoms with Crippen LogP contribution in [0.15, 0.2) is 48.5 Å². The van der Waals surface area contributed by atoms with Crippen LogP contribution in [0.3, 0.4) is 0 Å². The number of anilines is 1. The molecule has 0 aromatic heterocycles. The minimum atomic E-state index is -3.66. The summed E-state index contributed by atoms with van der Waals surface area (Å²) in [5.74, 6) is -0.364. The van der Waals surface area contributed by atoms with Crippen LogP contribution >= 0.6 is 23.2 Å². The molecule has 146 valence electrons. The zero-order valence-electron chi connectivity index (χ0n) is 15.2. The number of nitrogens with zero attached hydrogens (tertiary/aromatic N) is 1. The quantitative estimate of drug-likeness (QED) is 0.648. The van der Waals surface area contributed by atoms with E-state index in [-0.39, 0.29) is 5.91 Å². The number of carbonyl (C=O) groups excluding carboxylic acids is 1. The van der Waals surface area contributed by atoms with Gasteiger partial charge in [-0.05, 0) is 55.7 Å². The molecule has 0 aliphatic heterocycles.